The number of amides is 1. The molecule has 1 unspecified atom stereocenters. The van der Waals surface area contributed by atoms with E-state index in [4.69, 9.17) is 23.9 Å². The first-order chi connectivity index (χ1) is 21.5. The number of nitrogens with zero attached hydrogens (tertiary/aromatic N) is 2. The van der Waals surface area contributed by atoms with Crippen molar-refractivity contribution in [2.24, 2.45) is 0 Å². The first-order valence-electron chi connectivity index (χ1n) is 14.1. The van der Waals surface area contributed by atoms with Crippen LogP contribution in [0.1, 0.15) is 24.1 Å². The van der Waals surface area contributed by atoms with Gasteiger partial charge in [0, 0.05) is 5.56 Å². The van der Waals surface area contributed by atoms with Crippen molar-refractivity contribution in [1.29, 1.82) is 0 Å². The Morgan fingerprint density at radius 3 is 2.52 bits per heavy atom. The third-order valence-corrected chi connectivity index (χ3v) is 8.30. The van der Waals surface area contributed by atoms with Gasteiger partial charge in [0.1, 0.15) is 36.2 Å². The second kappa shape index (κ2) is 11.4. The lowest BCUT2D eigenvalue weighted by atomic mass is 9.95. The summed E-state index contributed by atoms with van der Waals surface area (Å²) in [7, 11) is 0. The van der Waals surface area contributed by atoms with Crippen LogP contribution in [0.2, 0.25) is 0 Å². The van der Waals surface area contributed by atoms with Crippen molar-refractivity contribution >= 4 is 44.1 Å². The summed E-state index contributed by atoms with van der Waals surface area (Å²) in [6, 6.07) is 25.8. The zero-order valence-electron chi connectivity index (χ0n) is 23.6. The van der Waals surface area contributed by atoms with Crippen LogP contribution in [0.25, 0.3) is 16.0 Å². The summed E-state index contributed by atoms with van der Waals surface area (Å²) in [4.78, 5) is 33.6. The van der Waals surface area contributed by atoms with Gasteiger partial charge in [0.05, 0.1) is 28.4 Å². The van der Waals surface area contributed by atoms with Crippen molar-refractivity contribution < 1.29 is 33.6 Å². The highest BCUT2D eigenvalue weighted by molar-refractivity contribution is 7.22. The van der Waals surface area contributed by atoms with E-state index in [0.29, 0.717) is 70.3 Å². The minimum absolute atomic E-state index is 0.0715. The number of hydrogen-bond acceptors (Lipinski definition) is 9. The third-order valence-electron chi connectivity index (χ3n) is 7.28. The number of ketones is 1. The molecule has 1 amide bonds. The maximum absolute atomic E-state index is 13.8. The molecule has 0 spiro atoms. The molecule has 7 rings (SSSR count). The van der Waals surface area contributed by atoms with Crippen LogP contribution < -0.4 is 23.8 Å². The zero-order chi connectivity index (χ0) is 30.2. The lowest BCUT2D eigenvalue weighted by molar-refractivity contribution is -0.132. The van der Waals surface area contributed by atoms with Gasteiger partial charge in [0.15, 0.2) is 16.6 Å². The molecule has 1 saturated heterocycles. The number of aliphatic hydroxyl groups excluding tert-OH is 1. The van der Waals surface area contributed by atoms with Gasteiger partial charge < -0.3 is 24.1 Å². The van der Waals surface area contributed by atoms with E-state index in [2.05, 4.69) is 0 Å². The quantitative estimate of drug-likeness (QED) is 0.121. The minimum atomic E-state index is -0.991. The SMILES string of the molecule is CCOc1ccc2nc(N3C(=O)C(=O)C(=C(O)c4ccc5c(c4)OCCO5)C3c3cccc(Oc4ccccc4)c3)sc2c1. The smallest absolute Gasteiger partial charge is 0.301 e. The fourth-order valence-electron chi connectivity index (χ4n) is 5.32. The molecule has 220 valence electrons. The number of rotatable bonds is 7. The molecular weight excluding hydrogens is 580 g/mol. The zero-order valence-corrected chi connectivity index (χ0v) is 24.4. The number of carbonyl (C=O) groups excluding carboxylic acids is 2. The third kappa shape index (κ3) is 4.99. The summed E-state index contributed by atoms with van der Waals surface area (Å²) in [6.45, 7) is 3.18. The van der Waals surface area contributed by atoms with Gasteiger partial charge >= 0.3 is 5.91 Å². The highest BCUT2D eigenvalue weighted by Gasteiger charge is 2.48. The normalized spacial score (nSPS) is 17.2. The van der Waals surface area contributed by atoms with Crippen LogP contribution in [0.15, 0.2) is 96.6 Å². The molecule has 0 aliphatic carbocycles. The largest absolute Gasteiger partial charge is 0.507 e. The van der Waals surface area contributed by atoms with Gasteiger partial charge in [0.25, 0.3) is 5.78 Å². The van der Waals surface area contributed by atoms with Crippen LogP contribution in [0, 0.1) is 0 Å². The van der Waals surface area contributed by atoms with Crippen LogP contribution in [0.5, 0.6) is 28.7 Å². The summed E-state index contributed by atoms with van der Waals surface area (Å²) in [5, 5.41) is 12.0. The van der Waals surface area contributed by atoms with E-state index in [-0.39, 0.29) is 11.3 Å². The number of aromatic nitrogens is 1. The average molecular weight is 607 g/mol. The number of thiazole rings is 1. The Hall–Kier alpha value is -5.35. The van der Waals surface area contributed by atoms with Crippen molar-refractivity contribution in [3.05, 3.63) is 108 Å². The van der Waals surface area contributed by atoms with Crippen LogP contribution >= 0.6 is 11.3 Å². The molecule has 5 aromatic rings. The summed E-state index contributed by atoms with van der Waals surface area (Å²) in [5.41, 5.74) is 1.46. The van der Waals surface area contributed by atoms with Crippen LogP contribution in [-0.4, -0.2) is 41.6 Å². The molecule has 1 fully saturated rings. The fourth-order valence-corrected chi connectivity index (χ4v) is 6.34. The van der Waals surface area contributed by atoms with E-state index >= 15 is 0 Å². The molecule has 1 N–H and O–H groups in total. The van der Waals surface area contributed by atoms with Crippen molar-refractivity contribution in [1.82, 2.24) is 4.98 Å². The first kappa shape index (κ1) is 27.5. The molecule has 44 heavy (non-hydrogen) atoms. The van der Waals surface area contributed by atoms with E-state index < -0.39 is 17.7 Å². The highest BCUT2D eigenvalue weighted by Crippen LogP contribution is 2.46. The van der Waals surface area contributed by atoms with Crippen molar-refractivity contribution in [3.63, 3.8) is 0 Å². The number of ether oxygens (including phenoxy) is 4. The lowest BCUT2D eigenvalue weighted by Gasteiger charge is -2.23. The van der Waals surface area contributed by atoms with Crippen LogP contribution in [0.3, 0.4) is 0 Å². The van der Waals surface area contributed by atoms with E-state index in [1.807, 2.05) is 55.5 Å². The Bertz CT molecular complexity index is 1940. The van der Waals surface area contributed by atoms with Crippen molar-refractivity contribution in [2.45, 2.75) is 13.0 Å². The molecule has 3 heterocycles. The van der Waals surface area contributed by atoms with Gasteiger partial charge in [-0.05, 0) is 73.2 Å². The number of carbonyl (C=O) groups is 2. The highest BCUT2D eigenvalue weighted by atomic mass is 32.1. The Kier molecular flexibility index (Phi) is 7.11. The summed E-state index contributed by atoms with van der Waals surface area (Å²) >= 11 is 1.26. The predicted molar refractivity (Wildman–Crippen MR) is 166 cm³/mol. The second-order valence-corrected chi connectivity index (χ2v) is 11.1. The van der Waals surface area contributed by atoms with Gasteiger partial charge in [0.2, 0.25) is 0 Å². The number of aliphatic hydroxyl groups is 1. The Labute approximate surface area is 256 Å². The molecule has 0 bridgehead atoms. The number of hydrogen-bond donors (Lipinski definition) is 1. The summed E-state index contributed by atoms with van der Waals surface area (Å²) in [6.07, 6.45) is 0. The maximum Gasteiger partial charge on any atom is 0.301 e. The number of para-hydroxylation sites is 1. The predicted octanol–water partition coefficient (Wildman–Crippen LogP) is 6.88. The minimum Gasteiger partial charge on any atom is -0.507 e. The van der Waals surface area contributed by atoms with Gasteiger partial charge in [-0.15, -0.1) is 0 Å². The van der Waals surface area contributed by atoms with E-state index in [9.17, 15) is 14.7 Å². The van der Waals surface area contributed by atoms with Gasteiger partial charge in [-0.3, -0.25) is 14.5 Å². The molecule has 10 heteroatoms. The topological polar surface area (TPSA) is 107 Å². The van der Waals surface area contributed by atoms with Crippen molar-refractivity contribution in [2.75, 3.05) is 24.7 Å². The molecule has 0 saturated carbocycles. The molecule has 9 nitrogen and oxygen atoms in total. The maximum atomic E-state index is 13.8. The fraction of sp³-hybridized carbons (Fsp3) is 0.147. The summed E-state index contributed by atoms with van der Waals surface area (Å²) < 4.78 is 23.8. The molecular formula is C34H26N2O7S. The number of benzene rings is 4. The summed E-state index contributed by atoms with van der Waals surface area (Å²) in [5.74, 6) is 0.839. The average Bonchev–Trinajstić information content (AvgIpc) is 3.58. The van der Waals surface area contributed by atoms with E-state index in [1.165, 1.54) is 16.2 Å². The lowest BCUT2D eigenvalue weighted by Crippen LogP contribution is -2.29. The van der Waals surface area contributed by atoms with E-state index in [0.717, 1.165) is 4.70 Å². The molecule has 1 atom stereocenters. The van der Waals surface area contributed by atoms with Gasteiger partial charge in [-0.2, -0.15) is 0 Å². The van der Waals surface area contributed by atoms with E-state index in [1.54, 1.807) is 42.5 Å². The van der Waals surface area contributed by atoms with Crippen molar-refractivity contribution in [3.8, 4) is 28.7 Å². The standard InChI is InChI=1S/C34H26N2O7S/c1-2-40-23-12-13-25-28(19-23)44-34(35-25)36-30(20-7-6-10-24(17-20)43-22-8-4-3-5-9-22)29(32(38)33(36)39)31(37)21-11-14-26-27(18-21)42-16-15-41-26/h3-14,17-19,30,37H,2,15-16H2,1H3. The van der Waals surface area contributed by atoms with Crippen LogP contribution in [-0.2, 0) is 9.59 Å². The van der Waals surface area contributed by atoms with Gasteiger partial charge in [-0.1, -0.05) is 41.7 Å². The Balaban J connectivity index is 1.37. The molecule has 4 aromatic carbocycles. The monoisotopic (exact) mass is 606 g/mol. The van der Waals surface area contributed by atoms with Gasteiger partial charge in [-0.25, -0.2) is 4.98 Å². The molecule has 0 radical (unpaired) electrons. The Morgan fingerprint density at radius 2 is 1.70 bits per heavy atom. The second-order valence-electron chi connectivity index (χ2n) is 10.1. The first-order valence-corrected chi connectivity index (χ1v) is 14.9. The van der Waals surface area contributed by atoms with Crippen LogP contribution in [0.4, 0.5) is 5.13 Å². The molecule has 1 aromatic heterocycles. The Morgan fingerprint density at radius 1 is 0.909 bits per heavy atom. The molecule has 2 aliphatic rings. The molecule has 2 aliphatic heterocycles. The number of anilines is 1. The number of Topliss-reactive ketones (excluding diaryl/α,β-unsaturated/α-hetero) is 1. The number of fused-ring (bicyclic) bond motifs is 2.